The maximum absolute atomic E-state index is 5.88. The first-order chi connectivity index (χ1) is 8.95. The summed E-state index contributed by atoms with van der Waals surface area (Å²) in [4.78, 5) is 4.81. The van der Waals surface area contributed by atoms with E-state index in [1.165, 1.54) is 11.3 Å². The highest BCUT2D eigenvalue weighted by atomic mass is 15.1. The molecule has 0 aliphatic carbocycles. The minimum atomic E-state index is 0.418. The van der Waals surface area contributed by atoms with Crippen molar-refractivity contribution in [1.82, 2.24) is 9.55 Å². The molecule has 0 aliphatic heterocycles. The average molecular weight is 259 g/mol. The van der Waals surface area contributed by atoms with Crippen molar-refractivity contribution >= 4 is 16.7 Å². The number of nitrogen functional groups attached to an aromatic ring is 1. The number of fused-ring (bicyclic) bond motifs is 1. The van der Waals surface area contributed by atoms with Gasteiger partial charge in [0, 0.05) is 17.6 Å². The second-order valence-corrected chi connectivity index (χ2v) is 5.96. The molecule has 0 saturated heterocycles. The molecule has 104 valence electrons. The lowest BCUT2D eigenvalue weighted by molar-refractivity contribution is 0.360. The Morgan fingerprint density at radius 3 is 2.42 bits per heavy atom. The predicted molar refractivity (Wildman–Crippen MR) is 82.4 cm³/mol. The Balaban J connectivity index is 2.71. The zero-order chi connectivity index (χ0) is 14.2. The third-order valence-corrected chi connectivity index (χ3v) is 3.78. The zero-order valence-electron chi connectivity index (χ0n) is 12.6. The van der Waals surface area contributed by atoms with Crippen LogP contribution in [0.4, 0.5) is 5.69 Å². The Bertz CT molecular complexity index is 567. The predicted octanol–water partition coefficient (Wildman–Crippen LogP) is 4.35. The van der Waals surface area contributed by atoms with Crippen LogP contribution < -0.4 is 5.73 Å². The van der Waals surface area contributed by atoms with Gasteiger partial charge in [-0.2, -0.15) is 0 Å². The van der Waals surface area contributed by atoms with Crippen molar-refractivity contribution in [3.63, 3.8) is 0 Å². The van der Waals surface area contributed by atoms with Crippen molar-refractivity contribution < 1.29 is 0 Å². The lowest BCUT2D eigenvalue weighted by Crippen LogP contribution is -2.17. The molecule has 0 amide bonds. The maximum atomic E-state index is 5.88. The maximum Gasteiger partial charge on any atom is 0.112 e. The quantitative estimate of drug-likeness (QED) is 0.830. The highest BCUT2D eigenvalue weighted by molar-refractivity contribution is 5.80. The third kappa shape index (κ3) is 2.46. The van der Waals surface area contributed by atoms with Crippen LogP contribution in [0.15, 0.2) is 18.2 Å². The van der Waals surface area contributed by atoms with Gasteiger partial charge in [-0.05, 0) is 30.5 Å². The monoisotopic (exact) mass is 259 g/mol. The summed E-state index contributed by atoms with van der Waals surface area (Å²) in [5.41, 5.74) is 8.88. The van der Waals surface area contributed by atoms with Crippen molar-refractivity contribution in [1.29, 1.82) is 0 Å². The van der Waals surface area contributed by atoms with E-state index in [0.717, 1.165) is 17.6 Å². The first kappa shape index (κ1) is 13.9. The third-order valence-electron chi connectivity index (χ3n) is 3.78. The van der Waals surface area contributed by atoms with E-state index in [0.29, 0.717) is 17.9 Å². The fourth-order valence-corrected chi connectivity index (χ4v) is 2.84. The van der Waals surface area contributed by atoms with Crippen LogP contribution in [-0.4, -0.2) is 9.55 Å². The standard InChI is InChI=1S/C16H25N3/c1-6-14(10(2)3)19-15-8-7-12(17)9-13(15)18-16(19)11(4)5/h7-11,14H,6,17H2,1-5H3. The summed E-state index contributed by atoms with van der Waals surface area (Å²) in [6.45, 7) is 11.2. The molecule has 2 N–H and O–H groups in total. The molecule has 2 rings (SSSR count). The van der Waals surface area contributed by atoms with Gasteiger partial charge in [0.15, 0.2) is 0 Å². The molecule has 1 aromatic carbocycles. The molecule has 1 atom stereocenters. The Labute approximate surface area is 115 Å². The summed E-state index contributed by atoms with van der Waals surface area (Å²) in [5.74, 6) is 2.18. The fraction of sp³-hybridized carbons (Fsp3) is 0.562. The van der Waals surface area contributed by atoms with Crippen LogP contribution in [0.25, 0.3) is 11.0 Å². The van der Waals surface area contributed by atoms with Crippen LogP contribution in [0.1, 0.15) is 58.8 Å². The number of benzene rings is 1. The van der Waals surface area contributed by atoms with Gasteiger partial charge in [0.2, 0.25) is 0 Å². The molecule has 0 spiro atoms. The number of nitrogens with two attached hydrogens (primary N) is 1. The smallest absolute Gasteiger partial charge is 0.112 e. The van der Waals surface area contributed by atoms with Crippen LogP contribution in [0.3, 0.4) is 0 Å². The lowest BCUT2D eigenvalue weighted by atomic mass is 10.0. The molecule has 0 saturated carbocycles. The largest absolute Gasteiger partial charge is 0.399 e. The SMILES string of the molecule is CCC(C(C)C)n1c(C(C)C)nc2cc(N)ccc21. The molecule has 1 aromatic heterocycles. The van der Waals surface area contributed by atoms with E-state index < -0.39 is 0 Å². The van der Waals surface area contributed by atoms with Crippen LogP contribution in [0.5, 0.6) is 0 Å². The summed E-state index contributed by atoms with van der Waals surface area (Å²) < 4.78 is 2.42. The molecule has 1 unspecified atom stereocenters. The summed E-state index contributed by atoms with van der Waals surface area (Å²) in [7, 11) is 0. The molecule has 0 aliphatic rings. The number of hydrogen-bond donors (Lipinski definition) is 1. The molecule has 0 fully saturated rings. The average Bonchev–Trinajstić information content (AvgIpc) is 2.68. The van der Waals surface area contributed by atoms with E-state index in [2.05, 4.69) is 45.3 Å². The van der Waals surface area contributed by atoms with Crippen LogP contribution in [0.2, 0.25) is 0 Å². The van der Waals surface area contributed by atoms with Crippen molar-refractivity contribution in [2.75, 3.05) is 5.73 Å². The number of hydrogen-bond acceptors (Lipinski definition) is 2. The highest BCUT2D eigenvalue weighted by Gasteiger charge is 2.22. The number of anilines is 1. The first-order valence-corrected chi connectivity index (χ1v) is 7.23. The normalized spacial score (nSPS) is 13.6. The number of aromatic nitrogens is 2. The van der Waals surface area contributed by atoms with Crippen molar-refractivity contribution in [2.45, 2.75) is 53.0 Å². The topological polar surface area (TPSA) is 43.8 Å². The van der Waals surface area contributed by atoms with Gasteiger partial charge >= 0.3 is 0 Å². The van der Waals surface area contributed by atoms with Crippen LogP contribution in [-0.2, 0) is 0 Å². The molecule has 0 bridgehead atoms. The molecule has 0 radical (unpaired) electrons. The molecule has 3 heteroatoms. The molecule has 2 aromatic rings. The van der Waals surface area contributed by atoms with Gasteiger partial charge in [-0.15, -0.1) is 0 Å². The highest BCUT2D eigenvalue weighted by Crippen LogP contribution is 2.32. The summed E-state index contributed by atoms with van der Waals surface area (Å²) in [6, 6.07) is 6.54. The second-order valence-electron chi connectivity index (χ2n) is 5.96. The van der Waals surface area contributed by atoms with Crippen molar-refractivity contribution in [3.8, 4) is 0 Å². The number of imidazole rings is 1. The van der Waals surface area contributed by atoms with Gasteiger partial charge in [-0.3, -0.25) is 0 Å². The number of nitrogens with zero attached hydrogens (tertiary/aromatic N) is 2. The molecule has 19 heavy (non-hydrogen) atoms. The second kappa shape index (κ2) is 5.24. The van der Waals surface area contributed by atoms with Gasteiger partial charge in [-0.1, -0.05) is 34.6 Å². The summed E-state index contributed by atoms with van der Waals surface area (Å²) >= 11 is 0. The summed E-state index contributed by atoms with van der Waals surface area (Å²) in [6.07, 6.45) is 1.12. The molecular weight excluding hydrogens is 234 g/mol. The van der Waals surface area contributed by atoms with Crippen LogP contribution >= 0.6 is 0 Å². The van der Waals surface area contributed by atoms with Gasteiger partial charge in [0.25, 0.3) is 0 Å². The molecule has 1 heterocycles. The van der Waals surface area contributed by atoms with E-state index in [4.69, 9.17) is 10.7 Å². The first-order valence-electron chi connectivity index (χ1n) is 7.23. The van der Waals surface area contributed by atoms with Crippen LogP contribution in [0, 0.1) is 5.92 Å². The van der Waals surface area contributed by atoms with E-state index in [-0.39, 0.29) is 0 Å². The van der Waals surface area contributed by atoms with Gasteiger partial charge < -0.3 is 10.3 Å². The van der Waals surface area contributed by atoms with Crippen molar-refractivity contribution in [2.24, 2.45) is 5.92 Å². The Kier molecular flexibility index (Phi) is 3.83. The van der Waals surface area contributed by atoms with Crippen molar-refractivity contribution in [3.05, 3.63) is 24.0 Å². The minimum Gasteiger partial charge on any atom is -0.399 e. The van der Waals surface area contributed by atoms with E-state index in [1.807, 2.05) is 12.1 Å². The zero-order valence-corrected chi connectivity index (χ0v) is 12.6. The summed E-state index contributed by atoms with van der Waals surface area (Å²) in [5, 5.41) is 0. The Hall–Kier alpha value is -1.51. The fourth-order valence-electron chi connectivity index (χ4n) is 2.84. The minimum absolute atomic E-state index is 0.418. The number of rotatable bonds is 4. The Morgan fingerprint density at radius 1 is 1.21 bits per heavy atom. The lowest BCUT2D eigenvalue weighted by Gasteiger charge is -2.25. The van der Waals surface area contributed by atoms with Gasteiger partial charge in [-0.25, -0.2) is 4.98 Å². The van der Waals surface area contributed by atoms with E-state index in [9.17, 15) is 0 Å². The molecular formula is C16H25N3. The van der Waals surface area contributed by atoms with E-state index in [1.54, 1.807) is 0 Å². The Morgan fingerprint density at radius 2 is 1.89 bits per heavy atom. The molecule has 3 nitrogen and oxygen atoms in total. The van der Waals surface area contributed by atoms with Gasteiger partial charge in [0.05, 0.1) is 11.0 Å². The van der Waals surface area contributed by atoms with Gasteiger partial charge in [0.1, 0.15) is 5.82 Å². The van der Waals surface area contributed by atoms with E-state index >= 15 is 0 Å².